The van der Waals surface area contributed by atoms with E-state index in [1.165, 1.54) is 0 Å². The first-order valence-corrected chi connectivity index (χ1v) is 7.75. The number of phenols is 1. The number of nitrogens with one attached hydrogen (secondary N) is 2. The molecule has 1 aromatic heterocycles. The summed E-state index contributed by atoms with van der Waals surface area (Å²) in [5, 5.41) is 18.7. The molecular formula is C16H20N4O3. The summed E-state index contributed by atoms with van der Waals surface area (Å²) in [5.74, 6) is 1.83. The lowest BCUT2D eigenvalue weighted by Crippen LogP contribution is -2.41. The summed E-state index contributed by atoms with van der Waals surface area (Å²) in [4.78, 5) is 16.1. The van der Waals surface area contributed by atoms with E-state index in [4.69, 9.17) is 4.52 Å². The third kappa shape index (κ3) is 4.45. The number of carbonyl (C=O) groups is 1. The number of benzene rings is 1. The molecule has 1 atom stereocenters. The summed E-state index contributed by atoms with van der Waals surface area (Å²) in [7, 11) is 0. The molecule has 23 heavy (non-hydrogen) atoms. The van der Waals surface area contributed by atoms with Gasteiger partial charge in [0.15, 0.2) is 5.82 Å². The molecule has 122 valence electrons. The van der Waals surface area contributed by atoms with Crippen molar-refractivity contribution in [1.82, 2.24) is 20.8 Å². The number of aromatic hydroxyl groups is 1. The van der Waals surface area contributed by atoms with Crippen LogP contribution in [0.5, 0.6) is 5.75 Å². The second-order valence-electron chi connectivity index (χ2n) is 5.92. The molecule has 1 aliphatic rings. The van der Waals surface area contributed by atoms with E-state index >= 15 is 0 Å². The van der Waals surface area contributed by atoms with Crippen LogP contribution in [0.3, 0.4) is 0 Å². The van der Waals surface area contributed by atoms with Gasteiger partial charge in [-0.25, -0.2) is 4.79 Å². The van der Waals surface area contributed by atoms with E-state index < -0.39 is 0 Å². The minimum Gasteiger partial charge on any atom is -0.508 e. The van der Waals surface area contributed by atoms with Gasteiger partial charge in [-0.15, -0.1) is 0 Å². The molecule has 7 nitrogen and oxygen atoms in total. The number of phenolic OH excluding ortho intramolecular Hbond substituents is 1. The molecule has 1 fully saturated rings. The van der Waals surface area contributed by atoms with Crippen LogP contribution in [0.25, 0.3) is 0 Å². The van der Waals surface area contributed by atoms with E-state index in [0.29, 0.717) is 18.2 Å². The van der Waals surface area contributed by atoms with Gasteiger partial charge in [0.05, 0.1) is 6.54 Å². The smallest absolute Gasteiger partial charge is 0.315 e. The fourth-order valence-corrected chi connectivity index (χ4v) is 2.31. The van der Waals surface area contributed by atoms with Gasteiger partial charge in [0.25, 0.3) is 0 Å². The zero-order chi connectivity index (χ0) is 16.2. The number of urea groups is 1. The summed E-state index contributed by atoms with van der Waals surface area (Å²) < 4.78 is 5.10. The molecule has 0 saturated heterocycles. The van der Waals surface area contributed by atoms with Crippen LogP contribution < -0.4 is 10.6 Å². The van der Waals surface area contributed by atoms with E-state index in [9.17, 15) is 9.90 Å². The highest BCUT2D eigenvalue weighted by atomic mass is 16.5. The molecule has 0 radical (unpaired) electrons. The van der Waals surface area contributed by atoms with Crippen LogP contribution in [0.15, 0.2) is 28.8 Å². The van der Waals surface area contributed by atoms with Gasteiger partial charge < -0.3 is 20.3 Å². The van der Waals surface area contributed by atoms with Gasteiger partial charge >= 0.3 is 6.03 Å². The summed E-state index contributed by atoms with van der Waals surface area (Å²) in [6.07, 6.45) is 2.91. The van der Waals surface area contributed by atoms with Gasteiger partial charge in [-0.3, -0.25) is 0 Å². The summed E-state index contributed by atoms with van der Waals surface area (Å²) >= 11 is 0. The van der Waals surface area contributed by atoms with Crippen molar-refractivity contribution in [2.24, 2.45) is 0 Å². The van der Waals surface area contributed by atoms with Crippen LogP contribution in [0.1, 0.15) is 43.0 Å². The van der Waals surface area contributed by atoms with Gasteiger partial charge in [0.1, 0.15) is 5.75 Å². The van der Waals surface area contributed by atoms with Crippen molar-refractivity contribution in [1.29, 1.82) is 0 Å². The van der Waals surface area contributed by atoms with Crippen LogP contribution in [0.4, 0.5) is 4.79 Å². The molecule has 3 rings (SSSR count). The minimum atomic E-state index is -0.276. The molecule has 1 saturated carbocycles. The van der Waals surface area contributed by atoms with Crippen molar-refractivity contribution < 1.29 is 14.4 Å². The topological polar surface area (TPSA) is 100 Å². The maximum atomic E-state index is 11.9. The lowest BCUT2D eigenvalue weighted by atomic mass is 10.1. The van der Waals surface area contributed by atoms with E-state index in [0.717, 1.165) is 24.2 Å². The highest BCUT2D eigenvalue weighted by molar-refractivity contribution is 5.74. The third-order valence-corrected chi connectivity index (χ3v) is 3.68. The Morgan fingerprint density at radius 1 is 1.39 bits per heavy atom. The lowest BCUT2D eigenvalue weighted by Gasteiger charge is -2.14. The summed E-state index contributed by atoms with van der Waals surface area (Å²) in [5.41, 5.74) is 1.04. The Hall–Kier alpha value is -2.57. The average Bonchev–Trinajstić information content (AvgIpc) is 3.26. The third-order valence-electron chi connectivity index (χ3n) is 3.68. The molecule has 2 aromatic rings. The molecular weight excluding hydrogens is 296 g/mol. The quantitative estimate of drug-likeness (QED) is 0.757. The lowest BCUT2D eigenvalue weighted by molar-refractivity contribution is 0.235. The second kappa shape index (κ2) is 6.68. The van der Waals surface area contributed by atoms with Crippen LogP contribution in [0, 0.1) is 0 Å². The molecule has 1 aliphatic carbocycles. The van der Waals surface area contributed by atoms with E-state index in [1.807, 2.05) is 19.1 Å². The predicted octanol–water partition coefficient (Wildman–Crippen LogP) is 2.08. The number of nitrogens with zero attached hydrogens (tertiary/aromatic N) is 2. The Kier molecular flexibility index (Phi) is 4.45. The normalized spacial score (nSPS) is 15.2. The highest BCUT2D eigenvalue weighted by Crippen LogP contribution is 2.37. The average molecular weight is 316 g/mol. The van der Waals surface area contributed by atoms with E-state index in [2.05, 4.69) is 20.8 Å². The Balaban J connectivity index is 1.41. The summed E-state index contributed by atoms with van der Waals surface area (Å²) in [6, 6.07) is 6.63. The first-order valence-electron chi connectivity index (χ1n) is 7.75. The van der Waals surface area contributed by atoms with Crippen molar-refractivity contribution in [3.05, 3.63) is 41.5 Å². The number of hydrogen-bond acceptors (Lipinski definition) is 5. The van der Waals surface area contributed by atoms with Gasteiger partial charge in [-0.05, 0) is 43.9 Å². The Morgan fingerprint density at radius 2 is 2.13 bits per heavy atom. The van der Waals surface area contributed by atoms with Crippen LogP contribution in [-0.2, 0) is 13.0 Å². The Bertz CT molecular complexity index is 664. The molecule has 2 amide bonds. The molecule has 7 heteroatoms. The molecule has 0 aliphatic heterocycles. The van der Waals surface area contributed by atoms with Gasteiger partial charge in [-0.2, -0.15) is 4.98 Å². The van der Waals surface area contributed by atoms with Crippen LogP contribution in [0.2, 0.25) is 0 Å². The number of aromatic nitrogens is 2. The number of hydrogen-bond donors (Lipinski definition) is 3. The number of rotatable bonds is 6. The van der Waals surface area contributed by atoms with Gasteiger partial charge in [0.2, 0.25) is 5.89 Å². The largest absolute Gasteiger partial charge is 0.508 e. The zero-order valence-corrected chi connectivity index (χ0v) is 13.0. The SMILES string of the molecule is C[C@@H](Cc1ccc(O)cc1)NC(=O)NCc1nc(C2CC2)no1. The molecule has 0 spiro atoms. The van der Waals surface area contributed by atoms with Crippen molar-refractivity contribution in [3.63, 3.8) is 0 Å². The van der Waals surface area contributed by atoms with Gasteiger partial charge in [0, 0.05) is 12.0 Å². The predicted molar refractivity (Wildman–Crippen MR) is 82.9 cm³/mol. The molecule has 0 bridgehead atoms. The fourth-order valence-electron chi connectivity index (χ4n) is 2.31. The second-order valence-corrected chi connectivity index (χ2v) is 5.92. The molecule has 1 heterocycles. The number of amides is 2. The van der Waals surface area contributed by atoms with Crippen LogP contribution >= 0.6 is 0 Å². The van der Waals surface area contributed by atoms with Gasteiger partial charge in [-0.1, -0.05) is 17.3 Å². The zero-order valence-electron chi connectivity index (χ0n) is 13.0. The fraction of sp³-hybridized carbons (Fsp3) is 0.438. The van der Waals surface area contributed by atoms with Crippen molar-refractivity contribution in [2.45, 2.75) is 44.7 Å². The molecule has 0 unspecified atom stereocenters. The van der Waals surface area contributed by atoms with Crippen molar-refractivity contribution in [3.8, 4) is 5.75 Å². The Morgan fingerprint density at radius 3 is 2.83 bits per heavy atom. The number of carbonyl (C=O) groups excluding carboxylic acids is 1. The van der Waals surface area contributed by atoms with Crippen LogP contribution in [-0.4, -0.2) is 27.3 Å². The highest BCUT2D eigenvalue weighted by Gasteiger charge is 2.28. The van der Waals surface area contributed by atoms with E-state index in [1.54, 1.807) is 12.1 Å². The molecule has 1 aromatic carbocycles. The minimum absolute atomic E-state index is 0.0377. The first-order chi connectivity index (χ1) is 11.1. The maximum absolute atomic E-state index is 11.9. The summed E-state index contributed by atoms with van der Waals surface area (Å²) in [6.45, 7) is 2.14. The molecule has 3 N–H and O–H groups in total. The van der Waals surface area contributed by atoms with Crippen molar-refractivity contribution >= 4 is 6.03 Å². The Labute approximate surface area is 134 Å². The first kappa shape index (κ1) is 15.3. The maximum Gasteiger partial charge on any atom is 0.315 e. The standard InChI is InChI=1S/C16H20N4O3/c1-10(8-11-2-6-13(21)7-3-11)18-16(22)17-9-14-19-15(20-23-14)12-4-5-12/h2-3,6-7,10,12,21H,4-5,8-9H2,1H3,(H2,17,18,22)/t10-/m0/s1. The van der Waals surface area contributed by atoms with Crippen molar-refractivity contribution in [2.75, 3.05) is 0 Å². The van der Waals surface area contributed by atoms with E-state index in [-0.39, 0.29) is 24.4 Å². The monoisotopic (exact) mass is 316 g/mol.